The lowest BCUT2D eigenvalue weighted by Crippen LogP contribution is -2.50. The Labute approximate surface area is 148 Å². The molecule has 3 rings (SSSR count). The van der Waals surface area contributed by atoms with Gasteiger partial charge in [-0.2, -0.15) is 0 Å². The Morgan fingerprint density at radius 2 is 1.48 bits per heavy atom. The number of benzene rings is 1. The summed E-state index contributed by atoms with van der Waals surface area (Å²) in [6, 6.07) is 12.9. The molecule has 0 atom stereocenters. The van der Waals surface area contributed by atoms with Gasteiger partial charge in [-0.05, 0) is 46.9 Å². The molecule has 1 saturated heterocycles. The van der Waals surface area contributed by atoms with Gasteiger partial charge in [0.15, 0.2) is 0 Å². The molecule has 6 heteroatoms. The Kier molecular flexibility index (Phi) is 4.90. The maximum absolute atomic E-state index is 12.6. The number of hydrogen-bond acceptors (Lipinski definition) is 3. The summed E-state index contributed by atoms with van der Waals surface area (Å²) < 4.78 is 0.946. The fourth-order valence-electron chi connectivity index (χ4n) is 2.57. The van der Waals surface area contributed by atoms with Crippen LogP contribution in [0.2, 0.25) is 0 Å². The minimum atomic E-state index is -0.0769. The second-order valence-corrected chi connectivity index (χ2v) is 6.44. The van der Waals surface area contributed by atoms with Crippen LogP contribution in [0.15, 0.2) is 48.7 Å². The Morgan fingerprint density at radius 1 is 0.870 bits per heavy atom. The largest absolute Gasteiger partial charge is 0.335 e. The highest BCUT2D eigenvalue weighted by molar-refractivity contribution is 14.1. The number of aromatic nitrogens is 1. The quantitative estimate of drug-likeness (QED) is 0.700. The van der Waals surface area contributed by atoms with E-state index in [1.165, 1.54) is 0 Å². The third kappa shape index (κ3) is 3.52. The summed E-state index contributed by atoms with van der Waals surface area (Å²) in [6.07, 6.45) is 1.62. The molecule has 0 unspecified atom stereocenters. The van der Waals surface area contributed by atoms with Gasteiger partial charge in [0.05, 0.1) is 5.56 Å². The number of pyridine rings is 1. The topological polar surface area (TPSA) is 53.5 Å². The summed E-state index contributed by atoms with van der Waals surface area (Å²) in [5.74, 6) is -0.0491. The number of piperazine rings is 1. The Balaban J connectivity index is 1.64. The molecule has 0 bridgehead atoms. The van der Waals surface area contributed by atoms with Gasteiger partial charge in [-0.15, -0.1) is 0 Å². The molecule has 2 aromatic rings. The molecule has 0 aliphatic carbocycles. The van der Waals surface area contributed by atoms with Crippen molar-refractivity contribution in [2.24, 2.45) is 0 Å². The fourth-order valence-corrected chi connectivity index (χ4v) is 3.19. The van der Waals surface area contributed by atoms with Gasteiger partial charge in [-0.3, -0.25) is 14.6 Å². The van der Waals surface area contributed by atoms with Crippen LogP contribution in [0.1, 0.15) is 20.8 Å². The SMILES string of the molecule is O=C(c1ccccn1)N1CCN(C(=O)c2ccccc2I)CC1. The minimum Gasteiger partial charge on any atom is -0.335 e. The highest BCUT2D eigenvalue weighted by Gasteiger charge is 2.26. The standard InChI is InChI=1S/C17H16IN3O2/c18-14-6-2-1-5-13(14)16(22)20-9-11-21(12-10-20)17(23)15-7-3-4-8-19-15/h1-8H,9-12H2. The Morgan fingerprint density at radius 3 is 2.09 bits per heavy atom. The number of nitrogens with zero attached hydrogens (tertiary/aromatic N) is 3. The van der Waals surface area contributed by atoms with Crippen molar-refractivity contribution in [3.8, 4) is 0 Å². The van der Waals surface area contributed by atoms with Crippen LogP contribution in [-0.2, 0) is 0 Å². The summed E-state index contributed by atoms with van der Waals surface area (Å²) in [7, 11) is 0. The zero-order valence-electron chi connectivity index (χ0n) is 12.5. The molecular weight excluding hydrogens is 405 g/mol. The highest BCUT2D eigenvalue weighted by atomic mass is 127. The number of hydrogen-bond donors (Lipinski definition) is 0. The summed E-state index contributed by atoms with van der Waals surface area (Å²) in [4.78, 5) is 32.6. The van der Waals surface area contributed by atoms with E-state index in [0.29, 0.717) is 31.9 Å². The fraction of sp³-hybridized carbons (Fsp3) is 0.235. The van der Waals surface area contributed by atoms with Gasteiger partial charge in [-0.25, -0.2) is 0 Å². The van der Waals surface area contributed by atoms with Gasteiger partial charge >= 0.3 is 0 Å². The summed E-state index contributed by atoms with van der Waals surface area (Å²) in [6.45, 7) is 2.15. The molecular formula is C17H16IN3O2. The molecule has 2 heterocycles. The summed E-state index contributed by atoms with van der Waals surface area (Å²) in [5.41, 5.74) is 1.17. The maximum Gasteiger partial charge on any atom is 0.272 e. The highest BCUT2D eigenvalue weighted by Crippen LogP contribution is 2.16. The first-order valence-electron chi connectivity index (χ1n) is 7.41. The van der Waals surface area contributed by atoms with Crippen molar-refractivity contribution in [2.45, 2.75) is 0 Å². The number of rotatable bonds is 2. The molecule has 1 aliphatic heterocycles. The molecule has 5 nitrogen and oxygen atoms in total. The molecule has 1 aromatic carbocycles. The third-order valence-electron chi connectivity index (χ3n) is 3.84. The lowest BCUT2D eigenvalue weighted by molar-refractivity contribution is 0.0531. The number of halogens is 1. The predicted molar refractivity (Wildman–Crippen MR) is 95.2 cm³/mol. The second kappa shape index (κ2) is 7.08. The molecule has 0 spiro atoms. The van der Waals surface area contributed by atoms with Gasteiger partial charge in [0.25, 0.3) is 11.8 Å². The lowest BCUT2D eigenvalue weighted by Gasteiger charge is -2.34. The monoisotopic (exact) mass is 421 g/mol. The van der Waals surface area contributed by atoms with E-state index in [1.807, 2.05) is 24.3 Å². The van der Waals surface area contributed by atoms with Crippen LogP contribution in [0.25, 0.3) is 0 Å². The zero-order valence-corrected chi connectivity index (χ0v) is 14.6. The van der Waals surface area contributed by atoms with Crippen LogP contribution in [0.3, 0.4) is 0 Å². The number of amides is 2. The lowest BCUT2D eigenvalue weighted by atomic mass is 10.2. The third-order valence-corrected chi connectivity index (χ3v) is 4.78. The van der Waals surface area contributed by atoms with Crippen molar-refractivity contribution >= 4 is 34.4 Å². The van der Waals surface area contributed by atoms with Crippen molar-refractivity contribution < 1.29 is 9.59 Å². The first kappa shape index (κ1) is 15.9. The van der Waals surface area contributed by atoms with Gasteiger partial charge in [0.2, 0.25) is 0 Å². The Hall–Kier alpha value is -1.96. The smallest absolute Gasteiger partial charge is 0.272 e. The first-order chi connectivity index (χ1) is 11.2. The van der Waals surface area contributed by atoms with Crippen molar-refractivity contribution in [2.75, 3.05) is 26.2 Å². The van der Waals surface area contributed by atoms with Crippen LogP contribution >= 0.6 is 22.6 Å². The number of carbonyl (C=O) groups is 2. The molecule has 2 amide bonds. The van der Waals surface area contributed by atoms with Crippen molar-refractivity contribution in [1.29, 1.82) is 0 Å². The van der Waals surface area contributed by atoms with Crippen LogP contribution in [-0.4, -0.2) is 52.8 Å². The average Bonchev–Trinajstić information content (AvgIpc) is 2.62. The van der Waals surface area contributed by atoms with Crippen LogP contribution in [0, 0.1) is 3.57 Å². The summed E-state index contributed by atoms with van der Waals surface area (Å²) >= 11 is 2.17. The van der Waals surface area contributed by atoms with Gasteiger partial charge in [-0.1, -0.05) is 18.2 Å². The second-order valence-electron chi connectivity index (χ2n) is 5.28. The molecule has 23 heavy (non-hydrogen) atoms. The van der Waals surface area contributed by atoms with Gasteiger partial charge < -0.3 is 9.80 Å². The zero-order chi connectivity index (χ0) is 16.2. The van der Waals surface area contributed by atoms with Crippen molar-refractivity contribution in [1.82, 2.24) is 14.8 Å². The molecule has 118 valence electrons. The van der Waals surface area contributed by atoms with Crippen LogP contribution < -0.4 is 0 Å². The molecule has 1 fully saturated rings. The molecule has 0 N–H and O–H groups in total. The van der Waals surface area contributed by atoms with Crippen molar-refractivity contribution in [3.05, 3.63) is 63.5 Å². The van der Waals surface area contributed by atoms with Gasteiger partial charge in [0.1, 0.15) is 5.69 Å². The number of carbonyl (C=O) groups excluding carboxylic acids is 2. The summed E-state index contributed by atoms with van der Waals surface area (Å²) in [5, 5.41) is 0. The first-order valence-corrected chi connectivity index (χ1v) is 8.49. The van der Waals surface area contributed by atoms with E-state index in [4.69, 9.17) is 0 Å². The molecule has 1 aromatic heterocycles. The predicted octanol–water partition coefficient (Wildman–Crippen LogP) is 2.28. The molecule has 0 saturated carbocycles. The van der Waals surface area contributed by atoms with E-state index in [9.17, 15) is 9.59 Å². The Bertz CT molecular complexity index is 713. The van der Waals surface area contributed by atoms with Crippen LogP contribution in [0.5, 0.6) is 0 Å². The van der Waals surface area contributed by atoms with Crippen LogP contribution in [0.4, 0.5) is 0 Å². The van der Waals surface area contributed by atoms with E-state index in [1.54, 1.807) is 34.2 Å². The van der Waals surface area contributed by atoms with E-state index >= 15 is 0 Å². The molecule has 1 aliphatic rings. The van der Waals surface area contributed by atoms with E-state index in [-0.39, 0.29) is 11.8 Å². The maximum atomic E-state index is 12.6. The normalized spacial score (nSPS) is 14.7. The minimum absolute atomic E-state index is 0.0277. The van der Waals surface area contributed by atoms with Crippen molar-refractivity contribution in [3.63, 3.8) is 0 Å². The average molecular weight is 421 g/mol. The van der Waals surface area contributed by atoms with E-state index in [0.717, 1.165) is 9.13 Å². The van der Waals surface area contributed by atoms with Gasteiger partial charge in [0, 0.05) is 35.9 Å². The molecule has 0 radical (unpaired) electrons. The van der Waals surface area contributed by atoms with E-state index in [2.05, 4.69) is 27.6 Å². The van der Waals surface area contributed by atoms with E-state index < -0.39 is 0 Å².